The van der Waals surface area contributed by atoms with Crippen LogP contribution in [0, 0.1) is 13.8 Å². The number of rotatable bonds is 2. The standard InChI is InChI=1S/C17H17N3O2/c1-9-4-5-14(21)10(2)15(9)13-7-11(17(18)22)6-12-8-19-20(3)16(12)13/h4-8,21H,1-3H3,(H2,18,22). The van der Waals surface area contributed by atoms with Gasteiger partial charge in [-0.05, 0) is 48.7 Å². The van der Waals surface area contributed by atoms with E-state index in [1.54, 1.807) is 29.1 Å². The number of benzene rings is 2. The molecule has 2 aromatic carbocycles. The lowest BCUT2D eigenvalue weighted by atomic mass is 9.92. The van der Waals surface area contributed by atoms with Gasteiger partial charge in [0.05, 0.1) is 11.7 Å². The van der Waals surface area contributed by atoms with Gasteiger partial charge in [0.2, 0.25) is 5.91 Å². The van der Waals surface area contributed by atoms with Crippen LogP contribution in [0.1, 0.15) is 21.5 Å². The average molecular weight is 295 g/mol. The Bertz CT molecular complexity index is 910. The van der Waals surface area contributed by atoms with Gasteiger partial charge in [0.15, 0.2) is 0 Å². The van der Waals surface area contributed by atoms with Gasteiger partial charge in [-0.25, -0.2) is 0 Å². The van der Waals surface area contributed by atoms with E-state index in [4.69, 9.17) is 5.73 Å². The molecule has 0 saturated carbocycles. The second kappa shape index (κ2) is 4.87. The van der Waals surface area contributed by atoms with Crippen molar-refractivity contribution < 1.29 is 9.90 Å². The van der Waals surface area contributed by atoms with E-state index in [1.165, 1.54) is 0 Å². The lowest BCUT2D eigenvalue weighted by Crippen LogP contribution is -2.11. The van der Waals surface area contributed by atoms with Gasteiger partial charge < -0.3 is 10.8 Å². The predicted molar refractivity (Wildman–Crippen MR) is 85.8 cm³/mol. The molecule has 0 aliphatic heterocycles. The van der Waals surface area contributed by atoms with Crippen LogP contribution in [0.15, 0.2) is 30.5 Å². The number of hydrogen-bond donors (Lipinski definition) is 2. The molecule has 0 radical (unpaired) electrons. The smallest absolute Gasteiger partial charge is 0.248 e. The number of fused-ring (bicyclic) bond motifs is 1. The summed E-state index contributed by atoms with van der Waals surface area (Å²) in [5.74, 6) is -0.261. The Labute approximate surface area is 128 Å². The quantitative estimate of drug-likeness (QED) is 0.762. The molecule has 3 aromatic rings. The highest BCUT2D eigenvalue weighted by Crippen LogP contribution is 2.37. The first-order valence-electron chi connectivity index (χ1n) is 6.95. The van der Waals surface area contributed by atoms with Gasteiger partial charge >= 0.3 is 0 Å². The van der Waals surface area contributed by atoms with Crippen LogP contribution in [0.2, 0.25) is 0 Å². The molecule has 0 aliphatic rings. The zero-order valence-corrected chi connectivity index (χ0v) is 12.7. The molecule has 3 rings (SSSR count). The van der Waals surface area contributed by atoms with Crippen molar-refractivity contribution in [2.45, 2.75) is 13.8 Å². The third-order valence-electron chi connectivity index (χ3n) is 4.03. The fourth-order valence-electron chi connectivity index (χ4n) is 2.91. The van der Waals surface area contributed by atoms with Crippen molar-refractivity contribution in [3.05, 3.63) is 47.2 Å². The van der Waals surface area contributed by atoms with Crippen LogP contribution in [-0.2, 0) is 7.05 Å². The molecule has 1 amide bonds. The van der Waals surface area contributed by atoms with Crippen LogP contribution < -0.4 is 5.73 Å². The van der Waals surface area contributed by atoms with E-state index in [1.807, 2.05) is 27.0 Å². The zero-order valence-electron chi connectivity index (χ0n) is 12.7. The normalized spacial score (nSPS) is 11.0. The summed E-state index contributed by atoms with van der Waals surface area (Å²) >= 11 is 0. The molecule has 0 saturated heterocycles. The van der Waals surface area contributed by atoms with Crippen LogP contribution in [0.5, 0.6) is 5.75 Å². The largest absolute Gasteiger partial charge is 0.508 e. The molecule has 0 unspecified atom stereocenters. The third-order valence-corrected chi connectivity index (χ3v) is 4.03. The minimum absolute atomic E-state index is 0.223. The van der Waals surface area contributed by atoms with E-state index in [0.717, 1.165) is 33.2 Å². The summed E-state index contributed by atoms with van der Waals surface area (Å²) in [5, 5.41) is 15.2. The average Bonchev–Trinajstić information content (AvgIpc) is 2.85. The molecule has 0 bridgehead atoms. The molecule has 5 nitrogen and oxygen atoms in total. The number of aryl methyl sites for hydroxylation is 2. The first-order chi connectivity index (χ1) is 10.4. The number of hydrogen-bond acceptors (Lipinski definition) is 3. The first-order valence-corrected chi connectivity index (χ1v) is 6.95. The number of nitrogens with two attached hydrogens (primary N) is 1. The van der Waals surface area contributed by atoms with Crippen molar-refractivity contribution in [3.63, 3.8) is 0 Å². The van der Waals surface area contributed by atoms with Crippen LogP contribution >= 0.6 is 0 Å². The Morgan fingerprint density at radius 2 is 2.00 bits per heavy atom. The van der Waals surface area contributed by atoms with Crippen LogP contribution in [0.25, 0.3) is 22.0 Å². The fourth-order valence-corrected chi connectivity index (χ4v) is 2.91. The molecule has 1 heterocycles. The lowest BCUT2D eigenvalue weighted by molar-refractivity contribution is 0.100. The second-order valence-corrected chi connectivity index (χ2v) is 5.50. The van der Waals surface area contributed by atoms with Gasteiger partial charge in [-0.15, -0.1) is 0 Å². The lowest BCUT2D eigenvalue weighted by Gasteiger charge is -2.14. The second-order valence-electron chi connectivity index (χ2n) is 5.50. The molecule has 0 atom stereocenters. The Morgan fingerprint density at radius 3 is 2.68 bits per heavy atom. The van der Waals surface area contributed by atoms with Crippen molar-refractivity contribution in [1.82, 2.24) is 9.78 Å². The third kappa shape index (κ3) is 2.02. The van der Waals surface area contributed by atoms with E-state index >= 15 is 0 Å². The summed E-state index contributed by atoms with van der Waals surface area (Å²) < 4.78 is 1.76. The molecule has 22 heavy (non-hydrogen) atoms. The van der Waals surface area contributed by atoms with E-state index in [0.29, 0.717) is 5.56 Å². The predicted octanol–water partition coefficient (Wildman–Crippen LogP) is 2.66. The molecular formula is C17H17N3O2. The summed E-state index contributed by atoms with van der Waals surface area (Å²) in [4.78, 5) is 11.6. The van der Waals surface area contributed by atoms with Crippen LogP contribution in [0.3, 0.4) is 0 Å². The number of aromatic hydroxyl groups is 1. The maximum atomic E-state index is 11.6. The fraction of sp³-hybridized carbons (Fsp3) is 0.176. The number of amides is 1. The molecular weight excluding hydrogens is 278 g/mol. The van der Waals surface area contributed by atoms with E-state index in [2.05, 4.69) is 5.10 Å². The van der Waals surface area contributed by atoms with E-state index in [-0.39, 0.29) is 5.75 Å². The van der Waals surface area contributed by atoms with Crippen molar-refractivity contribution in [2.75, 3.05) is 0 Å². The van der Waals surface area contributed by atoms with Crippen LogP contribution in [-0.4, -0.2) is 20.8 Å². The van der Waals surface area contributed by atoms with Gasteiger partial charge in [-0.2, -0.15) is 5.10 Å². The van der Waals surface area contributed by atoms with Gasteiger partial charge in [0.25, 0.3) is 0 Å². The van der Waals surface area contributed by atoms with Gasteiger partial charge in [0.1, 0.15) is 5.75 Å². The van der Waals surface area contributed by atoms with Crippen molar-refractivity contribution in [2.24, 2.45) is 12.8 Å². The molecule has 1 aromatic heterocycles. The number of carbonyl (C=O) groups is 1. The highest BCUT2D eigenvalue weighted by molar-refractivity contribution is 6.03. The molecule has 112 valence electrons. The summed E-state index contributed by atoms with van der Waals surface area (Å²) in [6.07, 6.45) is 1.71. The number of primary amides is 1. The minimum Gasteiger partial charge on any atom is -0.508 e. The number of phenols is 1. The van der Waals surface area contributed by atoms with E-state index in [9.17, 15) is 9.90 Å². The Morgan fingerprint density at radius 1 is 1.27 bits per heavy atom. The number of carbonyl (C=O) groups excluding carboxylic acids is 1. The van der Waals surface area contributed by atoms with E-state index < -0.39 is 5.91 Å². The summed E-state index contributed by atoms with van der Waals surface area (Å²) in [5.41, 5.74) is 10.3. The molecule has 0 aliphatic carbocycles. The van der Waals surface area contributed by atoms with Crippen LogP contribution in [0.4, 0.5) is 0 Å². The Kier molecular flexibility index (Phi) is 3.13. The molecule has 3 N–H and O–H groups in total. The zero-order chi connectivity index (χ0) is 16.0. The van der Waals surface area contributed by atoms with Gasteiger partial charge in [-0.1, -0.05) is 6.07 Å². The van der Waals surface area contributed by atoms with Crippen molar-refractivity contribution in [1.29, 1.82) is 0 Å². The number of aromatic nitrogens is 2. The number of nitrogens with zero attached hydrogens (tertiary/aromatic N) is 2. The number of phenolic OH excluding ortho intramolecular Hbond substituents is 1. The highest BCUT2D eigenvalue weighted by atomic mass is 16.3. The summed E-state index contributed by atoms with van der Waals surface area (Å²) in [6, 6.07) is 7.03. The highest BCUT2D eigenvalue weighted by Gasteiger charge is 2.17. The molecule has 0 fully saturated rings. The SMILES string of the molecule is Cc1ccc(O)c(C)c1-c1cc(C(N)=O)cc2cnn(C)c12. The van der Waals surface area contributed by atoms with Gasteiger partial charge in [0, 0.05) is 23.6 Å². The maximum Gasteiger partial charge on any atom is 0.248 e. The monoisotopic (exact) mass is 295 g/mol. The molecule has 5 heteroatoms. The minimum atomic E-state index is -0.484. The Balaban J connectivity index is 2.47. The maximum absolute atomic E-state index is 11.6. The Hall–Kier alpha value is -2.82. The van der Waals surface area contributed by atoms with Crippen molar-refractivity contribution >= 4 is 16.8 Å². The summed E-state index contributed by atoms with van der Waals surface area (Å²) in [7, 11) is 1.85. The van der Waals surface area contributed by atoms with Crippen molar-refractivity contribution in [3.8, 4) is 16.9 Å². The topological polar surface area (TPSA) is 81.1 Å². The summed E-state index contributed by atoms with van der Waals surface area (Å²) in [6.45, 7) is 3.83. The molecule has 0 spiro atoms. The first kappa shape index (κ1) is 14.1. The van der Waals surface area contributed by atoms with Gasteiger partial charge in [-0.3, -0.25) is 9.48 Å².